The normalized spacial score (nSPS) is 9.83. The van der Waals surface area contributed by atoms with E-state index in [4.69, 9.17) is 5.11 Å². The minimum atomic E-state index is -1.27. The van der Waals surface area contributed by atoms with Gasteiger partial charge in [-0.2, -0.15) is 0 Å². The maximum Gasteiger partial charge on any atom is 0.335 e. The predicted molar refractivity (Wildman–Crippen MR) is 62.6 cm³/mol. The van der Waals surface area contributed by atoms with E-state index in [0.29, 0.717) is 0 Å². The molecule has 1 aromatic carbocycles. The van der Waals surface area contributed by atoms with Crippen LogP contribution in [0.25, 0.3) is 0 Å². The molecule has 0 bridgehead atoms. The van der Waals surface area contributed by atoms with E-state index < -0.39 is 22.5 Å². The van der Waals surface area contributed by atoms with E-state index in [-0.39, 0.29) is 17.8 Å². The van der Waals surface area contributed by atoms with Gasteiger partial charge in [0.1, 0.15) is 5.69 Å². The van der Waals surface area contributed by atoms with Gasteiger partial charge in [-0.1, -0.05) is 0 Å². The molecule has 0 radical (unpaired) electrons. The average Bonchev–Trinajstić information content (AvgIpc) is 2.29. The first-order valence-electron chi connectivity index (χ1n) is 4.92. The molecule has 3 N–H and O–H groups in total. The van der Waals surface area contributed by atoms with Gasteiger partial charge in [0.05, 0.1) is 17.0 Å². The fourth-order valence-electron chi connectivity index (χ4n) is 1.28. The lowest BCUT2D eigenvalue weighted by Gasteiger charge is -2.06. The van der Waals surface area contributed by atoms with Crippen molar-refractivity contribution in [3.8, 4) is 0 Å². The number of nitro benzene ring substituents is 1. The molecule has 0 unspecified atom stereocenters. The maximum absolute atomic E-state index is 11.3. The van der Waals surface area contributed by atoms with Crippen LogP contribution in [0.2, 0.25) is 0 Å². The zero-order chi connectivity index (χ0) is 13.7. The number of hydrogen-bond donors (Lipinski definition) is 3. The number of nitrogens with zero attached hydrogens (tertiary/aromatic N) is 1. The maximum atomic E-state index is 11.3. The third-order valence-electron chi connectivity index (χ3n) is 2.05. The van der Waals surface area contributed by atoms with E-state index >= 15 is 0 Å². The molecule has 0 saturated heterocycles. The molecule has 18 heavy (non-hydrogen) atoms. The fraction of sp³-hybridized carbons (Fsp3) is 0.200. The van der Waals surface area contributed by atoms with E-state index in [0.717, 1.165) is 6.07 Å². The summed E-state index contributed by atoms with van der Waals surface area (Å²) in [4.78, 5) is 32.0. The van der Waals surface area contributed by atoms with Crippen LogP contribution in [0, 0.1) is 10.1 Å². The number of carbonyl (C=O) groups excluding carboxylic acids is 1. The molecule has 0 aliphatic rings. The van der Waals surface area contributed by atoms with Crippen LogP contribution in [0.15, 0.2) is 18.2 Å². The highest BCUT2D eigenvalue weighted by Gasteiger charge is 2.18. The number of nitrogens with one attached hydrogen (secondary N) is 2. The third-order valence-corrected chi connectivity index (χ3v) is 2.05. The number of nitro groups is 1. The Hall–Kier alpha value is -2.48. The second-order valence-electron chi connectivity index (χ2n) is 3.37. The summed E-state index contributed by atoms with van der Waals surface area (Å²) in [5, 5.41) is 24.4. The van der Waals surface area contributed by atoms with Crippen molar-refractivity contribution in [1.29, 1.82) is 0 Å². The van der Waals surface area contributed by atoms with Crippen molar-refractivity contribution in [1.82, 2.24) is 5.32 Å². The van der Waals surface area contributed by atoms with Gasteiger partial charge in [-0.25, -0.2) is 4.79 Å². The van der Waals surface area contributed by atoms with Crippen molar-refractivity contribution in [2.24, 2.45) is 0 Å². The summed E-state index contributed by atoms with van der Waals surface area (Å²) in [5.41, 5.74) is -0.710. The van der Waals surface area contributed by atoms with Crippen LogP contribution in [-0.4, -0.2) is 35.5 Å². The lowest BCUT2D eigenvalue weighted by molar-refractivity contribution is -0.384. The molecule has 0 atom stereocenters. The van der Waals surface area contributed by atoms with Crippen molar-refractivity contribution < 1.29 is 19.6 Å². The molecule has 0 aliphatic carbocycles. The number of anilines is 1. The summed E-state index contributed by atoms with van der Waals surface area (Å²) >= 11 is 0. The second-order valence-corrected chi connectivity index (χ2v) is 3.37. The van der Waals surface area contributed by atoms with Crippen LogP contribution < -0.4 is 10.6 Å². The molecule has 0 fully saturated rings. The van der Waals surface area contributed by atoms with Gasteiger partial charge in [-0.3, -0.25) is 14.9 Å². The van der Waals surface area contributed by atoms with E-state index in [2.05, 4.69) is 10.6 Å². The molecule has 96 valence electrons. The Balaban J connectivity index is 3.08. The van der Waals surface area contributed by atoms with Gasteiger partial charge < -0.3 is 15.7 Å². The standard InChI is InChI=1S/C10H11N3O5/c1-11-5-9(14)12-7-3-2-6(10(15)16)4-8(7)13(17)18/h2-4,11H,5H2,1H3,(H,12,14)(H,15,16). The highest BCUT2D eigenvalue weighted by molar-refractivity contribution is 5.96. The lowest BCUT2D eigenvalue weighted by atomic mass is 10.1. The van der Waals surface area contributed by atoms with Gasteiger partial charge in [-0.15, -0.1) is 0 Å². The van der Waals surface area contributed by atoms with E-state index in [9.17, 15) is 19.7 Å². The Labute approximate surface area is 102 Å². The Morgan fingerprint density at radius 3 is 2.61 bits per heavy atom. The summed E-state index contributed by atoms with van der Waals surface area (Å²) in [6, 6.07) is 3.27. The lowest BCUT2D eigenvalue weighted by Crippen LogP contribution is -2.25. The molecular weight excluding hydrogens is 242 g/mol. The molecular formula is C10H11N3O5. The highest BCUT2D eigenvalue weighted by Crippen LogP contribution is 2.25. The van der Waals surface area contributed by atoms with Crippen molar-refractivity contribution in [3.63, 3.8) is 0 Å². The fourth-order valence-corrected chi connectivity index (χ4v) is 1.28. The van der Waals surface area contributed by atoms with Crippen LogP contribution in [-0.2, 0) is 4.79 Å². The van der Waals surface area contributed by atoms with Gasteiger partial charge in [-0.05, 0) is 19.2 Å². The summed E-state index contributed by atoms with van der Waals surface area (Å²) in [5.74, 6) is -1.73. The summed E-state index contributed by atoms with van der Waals surface area (Å²) in [7, 11) is 1.56. The average molecular weight is 253 g/mol. The third kappa shape index (κ3) is 3.25. The molecule has 1 aromatic rings. The smallest absolute Gasteiger partial charge is 0.335 e. The van der Waals surface area contributed by atoms with Gasteiger partial charge in [0.15, 0.2) is 0 Å². The molecule has 8 heteroatoms. The Morgan fingerprint density at radius 2 is 2.11 bits per heavy atom. The van der Waals surface area contributed by atoms with Crippen LogP contribution in [0.1, 0.15) is 10.4 Å². The van der Waals surface area contributed by atoms with Crippen LogP contribution >= 0.6 is 0 Å². The quantitative estimate of drug-likeness (QED) is 0.517. The number of amides is 1. The Kier molecular flexibility index (Phi) is 4.33. The molecule has 0 spiro atoms. The number of carboxylic acid groups (broad SMARTS) is 1. The number of rotatable bonds is 5. The van der Waals surface area contributed by atoms with Gasteiger partial charge in [0.2, 0.25) is 5.91 Å². The second kappa shape index (κ2) is 5.73. The van der Waals surface area contributed by atoms with Crippen LogP contribution in [0.5, 0.6) is 0 Å². The summed E-state index contributed by atoms with van der Waals surface area (Å²) in [6.07, 6.45) is 0. The van der Waals surface area contributed by atoms with Crippen molar-refractivity contribution >= 4 is 23.3 Å². The zero-order valence-electron chi connectivity index (χ0n) is 9.47. The predicted octanol–water partition coefficient (Wildman–Crippen LogP) is 0.451. The van der Waals surface area contributed by atoms with Gasteiger partial charge in [0.25, 0.3) is 5.69 Å². The largest absolute Gasteiger partial charge is 0.478 e. The van der Waals surface area contributed by atoms with Gasteiger partial charge in [0, 0.05) is 6.07 Å². The first kappa shape index (κ1) is 13.6. The van der Waals surface area contributed by atoms with E-state index in [1.807, 2.05) is 0 Å². The number of hydrogen-bond acceptors (Lipinski definition) is 5. The number of carbonyl (C=O) groups is 2. The van der Waals surface area contributed by atoms with Crippen molar-refractivity contribution in [3.05, 3.63) is 33.9 Å². The molecule has 0 saturated carbocycles. The molecule has 0 heterocycles. The summed E-state index contributed by atoms with van der Waals surface area (Å²) < 4.78 is 0. The number of benzene rings is 1. The molecule has 0 aliphatic heterocycles. The van der Waals surface area contributed by atoms with E-state index in [1.54, 1.807) is 7.05 Å². The molecule has 1 amide bonds. The molecule has 8 nitrogen and oxygen atoms in total. The first-order valence-corrected chi connectivity index (χ1v) is 4.92. The number of aromatic carboxylic acids is 1. The van der Waals surface area contributed by atoms with Crippen LogP contribution in [0.3, 0.4) is 0 Å². The molecule has 0 aromatic heterocycles. The van der Waals surface area contributed by atoms with Crippen LogP contribution in [0.4, 0.5) is 11.4 Å². The monoisotopic (exact) mass is 253 g/mol. The SMILES string of the molecule is CNCC(=O)Nc1ccc(C(=O)O)cc1[N+](=O)[O-]. The molecule has 1 rings (SSSR count). The Morgan fingerprint density at radius 1 is 1.44 bits per heavy atom. The van der Waals surface area contributed by atoms with Crippen molar-refractivity contribution in [2.75, 3.05) is 18.9 Å². The number of carboxylic acids is 1. The van der Waals surface area contributed by atoms with E-state index in [1.165, 1.54) is 12.1 Å². The topological polar surface area (TPSA) is 122 Å². The highest BCUT2D eigenvalue weighted by atomic mass is 16.6. The first-order chi connectivity index (χ1) is 8.45. The minimum absolute atomic E-state index is 0.00215. The summed E-state index contributed by atoms with van der Waals surface area (Å²) in [6.45, 7) is -0.00215. The zero-order valence-corrected chi connectivity index (χ0v) is 9.47. The van der Waals surface area contributed by atoms with Gasteiger partial charge >= 0.3 is 5.97 Å². The van der Waals surface area contributed by atoms with Crippen molar-refractivity contribution in [2.45, 2.75) is 0 Å². The minimum Gasteiger partial charge on any atom is -0.478 e. The Bertz CT molecular complexity index is 500. The number of likely N-dealkylation sites (N-methyl/N-ethyl adjacent to an activating group) is 1.